The van der Waals surface area contributed by atoms with Crippen LogP contribution in [0.25, 0.3) is 11.8 Å². The van der Waals surface area contributed by atoms with Crippen molar-refractivity contribution in [3.05, 3.63) is 95.8 Å². The summed E-state index contributed by atoms with van der Waals surface area (Å²) in [5.41, 5.74) is 2.81. The van der Waals surface area contributed by atoms with Gasteiger partial charge in [0.05, 0.1) is 6.04 Å². The highest BCUT2D eigenvalue weighted by atomic mass is 16.1. The molecule has 0 fully saturated rings. The van der Waals surface area contributed by atoms with Crippen molar-refractivity contribution in [1.82, 2.24) is 9.88 Å². The molecule has 0 saturated heterocycles. The number of para-hydroxylation sites is 1. The van der Waals surface area contributed by atoms with Crippen LogP contribution >= 0.6 is 0 Å². The highest BCUT2D eigenvalue weighted by molar-refractivity contribution is 6.01. The topological polar surface area (TPSA) is 57.8 Å². The van der Waals surface area contributed by atoms with Crippen LogP contribution in [0.15, 0.2) is 84.6 Å². The third kappa shape index (κ3) is 3.90. The number of benzene rings is 2. The highest BCUT2D eigenvalue weighted by Gasteiger charge is 2.14. The van der Waals surface area contributed by atoms with Crippen molar-refractivity contribution in [2.75, 3.05) is 0 Å². The molecule has 0 bridgehead atoms. The van der Waals surface area contributed by atoms with E-state index in [4.69, 9.17) is 0 Å². The summed E-state index contributed by atoms with van der Waals surface area (Å²) in [5, 5.41) is 12.3. The lowest BCUT2D eigenvalue weighted by molar-refractivity contribution is -0.117. The average Bonchev–Trinajstić information content (AvgIpc) is 3.15. The van der Waals surface area contributed by atoms with E-state index in [1.807, 2.05) is 96.6 Å². The molecule has 0 aliphatic rings. The summed E-state index contributed by atoms with van der Waals surface area (Å²) >= 11 is 0. The number of aromatic nitrogens is 1. The van der Waals surface area contributed by atoms with Gasteiger partial charge in [-0.3, -0.25) is 4.79 Å². The molecule has 4 nitrogen and oxygen atoms in total. The molecule has 1 atom stereocenters. The van der Waals surface area contributed by atoms with Crippen molar-refractivity contribution in [2.45, 2.75) is 13.0 Å². The lowest BCUT2D eigenvalue weighted by Crippen LogP contribution is -2.27. The summed E-state index contributed by atoms with van der Waals surface area (Å²) in [6.45, 7) is 1.90. The maximum atomic E-state index is 12.5. The number of carbonyl (C=O) groups excluding carboxylic acids is 1. The fourth-order valence-corrected chi connectivity index (χ4v) is 2.73. The molecule has 0 unspecified atom stereocenters. The molecule has 0 aliphatic carbocycles. The number of rotatable bonds is 5. The Morgan fingerprint density at radius 2 is 1.69 bits per heavy atom. The van der Waals surface area contributed by atoms with Gasteiger partial charge in [0, 0.05) is 17.6 Å². The van der Waals surface area contributed by atoms with Crippen molar-refractivity contribution in [1.29, 1.82) is 5.26 Å². The summed E-state index contributed by atoms with van der Waals surface area (Å²) in [6.07, 6.45) is 3.51. The Balaban J connectivity index is 1.82. The summed E-state index contributed by atoms with van der Waals surface area (Å²) in [7, 11) is 0. The van der Waals surface area contributed by atoms with Crippen molar-refractivity contribution in [3.63, 3.8) is 0 Å². The molecule has 0 radical (unpaired) electrons. The van der Waals surface area contributed by atoms with E-state index in [9.17, 15) is 10.1 Å². The lowest BCUT2D eigenvalue weighted by Gasteiger charge is -2.14. The first kappa shape index (κ1) is 17.2. The van der Waals surface area contributed by atoms with Gasteiger partial charge in [0.15, 0.2) is 0 Å². The number of nitrogens with one attached hydrogen (secondary N) is 1. The molecule has 1 N–H and O–H groups in total. The van der Waals surface area contributed by atoms with Crippen LogP contribution < -0.4 is 5.32 Å². The maximum absolute atomic E-state index is 12.5. The number of hydrogen-bond donors (Lipinski definition) is 1. The summed E-state index contributed by atoms with van der Waals surface area (Å²) in [6, 6.07) is 25.0. The Bertz CT molecular complexity index is 950. The summed E-state index contributed by atoms with van der Waals surface area (Å²) in [5.74, 6) is -0.385. The first-order valence-electron chi connectivity index (χ1n) is 8.39. The Hall–Kier alpha value is -3.58. The Labute approximate surface area is 153 Å². The van der Waals surface area contributed by atoms with Gasteiger partial charge in [-0.1, -0.05) is 48.5 Å². The van der Waals surface area contributed by atoms with Gasteiger partial charge in [-0.25, -0.2) is 0 Å². The Kier molecular flexibility index (Phi) is 5.31. The van der Waals surface area contributed by atoms with Crippen LogP contribution in [0, 0.1) is 11.3 Å². The number of nitriles is 1. The largest absolute Gasteiger partial charge is 0.345 e. The number of carbonyl (C=O) groups is 1. The number of nitrogens with zero attached hydrogens (tertiary/aromatic N) is 2. The molecule has 3 rings (SSSR count). The molecule has 0 spiro atoms. The Morgan fingerprint density at radius 1 is 1.04 bits per heavy atom. The van der Waals surface area contributed by atoms with E-state index < -0.39 is 0 Å². The fraction of sp³-hybridized carbons (Fsp3) is 0.0909. The van der Waals surface area contributed by atoms with E-state index in [0.717, 1.165) is 16.9 Å². The molecule has 3 aromatic rings. The highest BCUT2D eigenvalue weighted by Crippen LogP contribution is 2.16. The molecule has 26 heavy (non-hydrogen) atoms. The van der Waals surface area contributed by atoms with Gasteiger partial charge in [0.2, 0.25) is 0 Å². The zero-order valence-corrected chi connectivity index (χ0v) is 14.5. The normalized spacial score (nSPS) is 12.2. The smallest absolute Gasteiger partial charge is 0.262 e. The van der Waals surface area contributed by atoms with Crippen molar-refractivity contribution < 1.29 is 4.79 Å². The van der Waals surface area contributed by atoms with E-state index in [1.54, 1.807) is 6.08 Å². The van der Waals surface area contributed by atoms with Crippen LogP contribution in [0.3, 0.4) is 0 Å². The van der Waals surface area contributed by atoms with Crippen LogP contribution in [0.5, 0.6) is 0 Å². The van der Waals surface area contributed by atoms with Crippen molar-refractivity contribution in [3.8, 4) is 11.8 Å². The quantitative estimate of drug-likeness (QED) is 0.557. The predicted molar refractivity (Wildman–Crippen MR) is 102 cm³/mol. The van der Waals surface area contributed by atoms with Crippen molar-refractivity contribution in [2.24, 2.45) is 0 Å². The Morgan fingerprint density at radius 3 is 2.35 bits per heavy atom. The summed E-state index contributed by atoms with van der Waals surface area (Å²) < 4.78 is 1.94. The van der Waals surface area contributed by atoms with E-state index in [2.05, 4.69) is 5.32 Å². The minimum absolute atomic E-state index is 0.0728. The van der Waals surface area contributed by atoms with Crippen LogP contribution in [-0.2, 0) is 4.79 Å². The van der Waals surface area contributed by atoms with E-state index in [1.165, 1.54) is 0 Å². The van der Waals surface area contributed by atoms with Crippen LogP contribution in [-0.4, -0.2) is 10.5 Å². The zero-order chi connectivity index (χ0) is 18.4. The second kappa shape index (κ2) is 8.00. The third-order valence-corrected chi connectivity index (χ3v) is 4.12. The number of amides is 1. The molecule has 1 heterocycles. The molecule has 1 aromatic heterocycles. The van der Waals surface area contributed by atoms with Crippen molar-refractivity contribution >= 4 is 12.0 Å². The average molecular weight is 341 g/mol. The molecular weight excluding hydrogens is 322 g/mol. The van der Waals surface area contributed by atoms with Gasteiger partial charge in [0.25, 0.3) is 5.91 Å². The van der Waals surface area contributed by atoms with Gasteiger partial charge in [-0.15, -0.1) is 0 Å². The zero-order valence-electron chi connectivity index (χ0n) is 14.5. The summed E-state index contributed by atoms with van der Waals surface area (Å²) in [4.78, 5) is 12.5. The molecule has 1 amide bonds. The van der Waals surface area contributed by atoms with E-state index in [-0.39, 0.29) is 17.5 Å². The fourth-order valence-electron chi connectivity index (χ4n) is 2.73. The third-order valence-electron chi connectivity index (χ3n) is 4.12. The second-order valence-corrected chi connectivity index (χ2v) is 5.91. The second-order valence-electron chi connectivity index (χ2n) is 5.91. The van der Waals surface area contributed by atoms with E-state index >= 15 is 0 Å². The standard InChI is InChI=1S/C22H19N3O/c1-17(18-9-4-2-5-10-18)24-22(26)19(16-23)15-21-13-8-14-25(21)20-11-6-3-7-12-20/h2-15,17H,1H3,(H,24,26)/b19-15-/t17-/m0/s1. The number of hydrogen-bond acceptors (Lipinski definition) is 2. The van der Waals surface area contributed by atoms with Crippen LogP contribution in [0.2, 0.25) is 0 Å². The lowest BCUT2D eigenvalue weighted by atomic mass is 10.1. The maximum Gasteiger partial charge on any atom is 0.262 e. The van der Waals surface area contributed by atoms with Gasteiger partial charge in [-0.05, 0) is 42.8 Å². The minimum atomic E-state index is -0.385. The van der Waals surface area contributed by atoms with Crippen LogP contribution in [0.4, 0.5) is 0 Å². The van der Waals surface area contributed by atoms with E-state index in [0.29, 0.717) is 0 Å². The molecular formula is C22H19N3O. The monoisotopic (exact) mass is 341 g/mol. The minimum Gasteiger partial charge on any atom is -0.345 e. The molecule has 0 aliphatic heterocycles. The molecule has 0 saturated carbocycles. The van der Waals surface area contributed by atoms with Gasteiger partial charge in [0.1, 0.15) is 11.6 Å². The van der Waals surface area contributed by atoms with Gasteiger partial charge in [-0.2, -0.15) is 5.26 Å². The van der Waals surface area contributed by atoms with Crippen LogP contribution in [0.1, 0.15) is 24.2 Å². The predicted octanol–water partition coefficient (Wildman–Crippen LogP) is 4.26. The first-order valence-corrected chi connectivity index (χ1v) is 8.39. The first-order chi connectivity index (χ1) is 12.7. The molecule has 2 aromatic carbocycles. The van der Waals surface area contributed by atoms with Gasteiger partial charge < -0.3 is 9.88 Å². The molecule has 4 heteroatoms. The SMILES string of the molecule is C[C@H](NC(=O)/C(C#N)=C\c1cccn1-c1ccccc1)c1ccccc1. The molecule has 128 valence electrons. The van der Waals surface area contributed by atoms with Gasteiger partial charge >= 0.3 is 0 Å².